The predicted molar refractivity (Wildman–Crippen MR) is 64.9 cm³/mol. The van der Waals surface area contributed by atoms with E-state index >= 15 is 0 Å². The number of aromatic nitrogens is 1. The van der Waals surface area contributed by atoms with Gasteiger partial charge >= 0.3 is 30.9 Å². The van der Waals surface area contributed by atoms with Gasteiger partial charge in [0.2, 0.25) is 0 Å². The number of alkyl carbamates (subject to hydrolysis) is 1. The van der Waals surface area contributed by atoms with Crippen molar-refractivity contribution < 1.29 is 39.7 Å². The number of pyridine rings is 1. The van der Waals surface area contributed by atoms with E-state index in [1.54, 1.807) is 38.4 Å². The van der Waals surface area contributed by atoms with E-state index in [1.807, 2.05) is 0 Å². The van der Waals surface area contributed by atoms with Gasteiger partial charge in [-0.05, 0) is 12.0 Å². The number of amides is 1. The van der Waals surface area contributed by atoms with Gasteiger partial charge in [-0.15, -0.1) is 0 Å². The Hall–Kier alpha value is -1.51. The normalized spacial score (nSPS) is 11.3. The number of nitrogens with one attached hydrogen (secondary N) is 1. The molecule has 0 aliphatic rings. The molecule has 0 spiro atoms. The number of carbonyl (C=O) groups excluding carboxylic acids is 1. The molecule has 0 aromatic carbocycles. The fourth-order valence-corrected chi connectivity index (χ4v) is 1.31. The standard InChI is InChI=1S/C12H16N2O4.Li.H/c1-8(2)10(11(15)16)14-12(17)18-7-9-4-3-5-13-6-9;;/h3-6,8,10H,7H2,1-2H3,(H,14,17)(H,15,16);;/q;+1;-1. The number of nitrogens with zero attached hydrogens (tertiary/aromatic N) is 1. The molecule has 1 heterocycles. The van der Waals surface area contributed by atoms with Crippen molar-refractivity contribution in [3.8, 4) is 0 Å². The molecule has 1 unspecified atom stereocenters. The Morgan fingerprint density at radius 3 is 2.68 bits per heavy atom. The van der Waals surface area contributed by atoms with E-state index < -0.39 is 18.1 Å². The molecule has 0 saturated carbocycles. The maximum atomic E-state index is 11.4. The van der Waals surface area contributed by atoms with Gasteiger partial charge < -0.3 is 16.6 Å². The molecule has 0 saturated heterocycles. The van der Waals surface area contributed by atoms with Crippen LogP contribution in [0.4, 0.5) is 4.79 Å². The molecule has 7 heteroatoms. The summed E-state index contributed by atoms with van der Waals surface area (Å²) in [5.74, 6) is -1.29. The van der Waals surface area contributed by atoms with Crippen molar-refractivity contribution in [1.82, 2.24) is 10.3 Å². The number of carboxylic acids is 1. The van der Waals surface area contributed by atoms with Crippen LogP contribution in [0.1, 0.15) is 20.8 Å². The number of aliphatic carboxylic acids is 1. The molecule has 1 aromatic rings. The molecule has 1 rings (SSSR count). The van der Waals surface area contributed by atoms with Crippen LogP contribution in [0.3, 0.4) is 0 Å². The summed E-state index contributed by atoms with van der Waals surface area (Å²) in [6.45, 7) is 3.48. The summed E-state index contributed by atoms with van der Waals surface area (Å²) in [5, 5.41) is 11.2. The van der Waals surface area contributed by atoms with Gasteiger partial charge in [-0.25, -0.2) is 9.59 Å². The summed E-state index contributed by atoms with van der Waals surface area (Å²) in [6.07, 6.45) is 2.44. The molecule has 6 nitrogen and oxygen atoms in total. The van der Waals surface area contributed by atoms with Crippen molar-refractivity contribution in [3.05, 3.63) is 30.1 Å². The fourth-order valence-electron chi connectivity index (χ4n) is 1.31. The molecule has 0 aliphatic heterocycles. The van der Waals surface area contributed by atoms with Crippen LogP contribution in [0.2, 0.25) is 0 Å². The Morgan fingerprint density at radius 2 is 2.21 bits per heavy atom. The smallest absolute Gasteiger partial charge is 1.00 e. The third-order valence-corrected chi connectivity index (χ3v) is 2.30. The van der Waals surface area contributed by atoms with Crippen molar-refractivity contribution >= 4 is 12.1 Å². The van der Waals surface area contributed by atoms with Gasteiger partial charge in [-0.3, -0.25) is 4.98 Å². The molecule has 1 aromatic heterocycles. The van der Waals surface area contributed by atoms with Crippen molar-refractivity contribution in [3.63, 3.8) is 0 Å². The second-order valence-corrected chi connectivity index (χ2v) is 4.14. The molecule has 2 N–H and O–H groups in total. The summed E-state index contributed by atoms with van der Waals surface area (Å²) >= 11 is 0. The van der Waals surface area contributed by atoms with Crippen LogP contribution in [0, 0.1) is 5.92 Å². The van der Waals surface area contributed by atoms with Gasteiger partial charge in [0.15, 0.2) is 0 Å². The van der Waals surface area contributed by atoms with Crippen LogP contribution in [-0.4, -0.2) is 28.2 Å². The molecule has 1 amide bonds. The average molecular weight is 260 g/mol. The van der Waals surface area contributed by atoms with Crippen LogP contribution in [0.25, 0.3) is 0 Å². The maximum absolute atomic E-state index is 11.4. The van der Waals surface area contributed by atoms with Gasteiger partial charge in [0.05, 0.1) is 0 Å². The Bertz CT molecular complexity index is 417. The van der Waals surface area contributed by atoms with E-state index in [4.69, 9.17) is 9.84 Å². The molecule has 0 aliphatic carbocycles. The number of hydrogen-bond donors (Lipinski definition) is 2. The first kappa shape index (κ1) is 17.5. The summed E-state index contributed by atoms with van der Waals surface area (Å²) in [7, 11) is 0. The van der Waals surface area contributed by atoms with Gasteiger partial charge in [0.1, 0.15) is 12.6 Å². The number of carboxylic acid groups (broad SMARTS) is 1. The fraction of sp³-hybridized carbons (Fsp3) is 0.417. The zero-order chi connectivity index (χ0) is 13.5. The molecule has 19 heavy (non-hydrogen) atoms. The van der Waals surface area contributed by atoms with Gasteiger partial charge in [-0.1, -0.05) is 19.9 Å². The van der Waals surface area contributed by atoms with Gasteiger partial charge in [0.25, 0.3) is 0 Å². The summed E-state index contributed by atoms with van der Waals surface area (Å²) in [5.41, 5.74) is 0.740. The Morgan fingerprint density at radius 1 is 1.53 bits per heavy atom. The van der Waals surface area contributed by atoms with Crippen molar-refractivity contribution in [1.29, 1.82) is 0 Å². The number of rotatable bonds is 5. The van der Waals surface area contributed by atoms with Crippen molar-refractivity contribution in [2.45, 2.75) is 26.5 Å². The number of hydrogen-bond acceptors (Lipinski definition) is 4. The third kappa shape index (κ3) is 6.27. The van der Waals surface area contributed by atoms with E-state index in [2.05, 4.69) is 10.3 Å². The first-order valence-corrected chi connectivity index (χ1v) is 5.55. The maximum Gasteiger partial charge on any atom is 1.00 e. The zero-order valence-electron chi connectivity index (χ0n) is 12.3. The third-order valence-electron chi connectivity index (χ3n) is 2.30. The van der Waals surface area contributed by atoms with Gasteiger partial charge in [0, 0.05) is 18.0 Å². The summed E-state index contributed by atoms with van der Waals surface area (Å²) in [6, 6.07) is 2.54. The Kier molecular flexibility index (Phi) is 7.88. The second-order valence-electron chi connectivity index (χ2n) is 4.14. The van der Waals surface area contributed by atoms with Crippen LogP contribution >= 0.6 is 0 Å². The second kappa shape index (κ2) is 8.57. The van der Waals surface area contributed by atoms with E-state index in [0.717, 1.165) is 5.56 Å². The van der Waals surface area contributed by atoms with Gasteiger partial charge in [-0.2, -0.15) is 0 Å². The first-order chi connectivity index (χ1) is 8.50. The minimum Gasteiger partial charge on any atom is -1.00 e. The molecule has 0 bridgehead atoms. The molecule has 0 radical (unpaired) electrons. The predicted octanol–water partition coefficient (Wildman–Crippen LogP) is -1.47. The SMILES string of the molecule is CC(C)C(NC(=O)OCc1cccnc1)C(=O)O.[H-].[Li+]. The van der Waals surface area contributed by atoms with E-state index in [0.29, 0.717) is 0 Å². The average Bonchev–Trinajstić information content (AvgIpc) is 2.34. The molecule has 0 fully saturated rings. The van der Waals surface area contributed by atoms with Crippen LogP contribution in [-0.2, 0) is 16.1 Å². The quantitative estimate of drug-likeness (QED) is 0.631. The number of ether oxygens (including phenoxy) is 1. The molecule has 1 atom stereocenters. The zero-order valence-corrected chi connectivity index (χ0v) is 11.3. The molecule has 100 valence electrons. The van der Waals surface area contributed by atoms with Crippen LogP contribution < -0.4 is 24.2 Å². The number of carbonyl (C=O) groups is 2. The van der Waals surface area contributed by atoms with E-state index in [9.17, 15) is 9.59 Å². The minimum absolute atomic E-state index is 0. The minimum atomic E-state index is -1.08. The largest absolute Gasteiger partial charge is 1.00 e. The summed E-state index contributed by atoms with van der Waals surface area (Å²) in [4.78, 5) is 26.2. The first-order valence-electron chi connectivity index (χ1n) is 5.55. The molecular formula is C12H17LiN2O4. The topological polar surface area (TPSA) is 88.5 Å². The van der Waals surface area contributed by atoms with Crippen molar-refractivity contribution in [2.75, 3.05) is 0 Å². The Balaban J connectivity index is 0. The van der Waals surface area contributed by atoms with E-state index in [-0.39, 0.29) is 32.8 Å². The van der Waals surface area contributed by atoms with Crippen LogP contribution in [0.5, 0.6) is 0 Å². The van der Waals surface area contributed by atoms with Crippen LogP contribution in [0.15, 0.2) is 24.5 Å². The molecular weight excluding hydrogens is 243 g/mol. The Labute approximate surface area is 125 Å². The monoisotopic (exact) mass is 260 g/mol. The summed E-state index contributed by atoms with van der Waals surface area (Å²) < 4.78 is 4.91. The van der Waals surface area contributed by atoms with E-state index in [1.165, 1.54) is 0 Å². The van der Waals surface area contributed by atoms with Crippen molar-refractivity contribution in [2.24, 2.45) is 5.92 Å².